The second-order valence-electron chi connectivity index (χ2n) is 2.19. The van der Waals surface area contributed by atoms with Crippen molar-refractivity contribution in [2.24, 2.45) is 0 Å². The smallest absolute Gasteiger partial charge is 0.264 e. The first-order valence-electron chi connectivity index (χ1n) is 3.33. The number of carbonyl (C=O) groups excluding carboxylic acids is 1. The summed E-state index contributed by atoms with van der Waals surface area (Å²) in [7, 11) is 0. The molecule has 0 N–H and O–H groups in total. The van der Waals surface area contributed by atoms with E-state index < -0.39 is 12.0 Å². The SMILES string of the molecule is N#Cc1nccc(C(F)F)c1C=O. The number of carbonyl (C=O) groups is 1. The third-order valence-corrected chi connectivity index (χ3v) is 1.48. The van der Waals surface area contributed by atoms with Crippen molar-refractivity contribution in [2.75, 3.05) is 0 Å². The molecule has 0 aromatic carbocycles. The molecule has 1 aromatic heterocycles. The molecule has 66 valence electrons. The monoisotopic (exact) mass is 182 g/mol. The fourth-order valence-electron chi connectivity index (χ4n) is 0.891. The van der Waals surface area contributed by atoms with E-state index in [1.807, 2.05) is 0 Å². The van der Waals surface area contributed by atoms with Crippen LogP contribution in [0.2, 0.25) is 0 Å². The Bertz CT molecular complexity index is 371. The van der Waals surface area contributed by atoms with E-state index in [9.17, 15) is 13.6 Å². The lowest BCUT2D eigenvalue weighted by atomic mass is 10.1. The second kappa shape index (κ2) is 3.72. The number of hydrogen-bond donors (Lipinski definition) is 0. The molecule has 0 radical (unpaired) electrons. The molecule has 0 amide bonds. The molecule has 0 saturated carbocycles. The van der Waals surface area contributed by atoms with Crippen LogP contribution >= 0.6 is 0 Å². The van der Waals surface area contributed by atoms with E-state index in [2.05, 4.69) is 4.98 Å². The number of pyridine rings is 1. The number of halogens is 2. The van der Waals surface area contributed by atoms with Crippen LogP contribution in [-0.4, -0.2) is 11.3 Å². The van der Waals surface area contributed by atoms with E-state index in [1.165, 1.54) is 0 Å². The second-order valence-corrected chi connectivity index (χ2v) is 2.19. The summed E-state index contributed by atoms with van der Waals surface area (Å²) in [5.74, 6) is 0. The standard InChI is InChI=1S/C8H4F2N2O/c9-8(10)5-1-2-12-7(3-11)6(5)4-13/h1-2,4,8H. The Balaban J connectivity index is 3.37. The zero-order valence-corrected chi connectivity index (χ0v) is 6.37. The minimum absolute atomic E-state index is 0.215. The van der Waals surface area contributed by atoms with Gasteiger partial charge in [-0.25, -0.2) is 13.8 Å². The number of aromatic nitrogens is 1. The molecule has 0 aliphatic heterocycles. The third-order valence-electron chi connectivity index (χ3n) is 1.48. The minimum Gasteiger partial charge on any atom is -0.298 e. The Kier molecular flexibility index (Phi) is 2.65. The lowest BCUT2D eigenvalue weighted by Gasteiger charge is -2.02. The predicted molar refractivity (Wildman–Crippen MR) is 39.3 cm³/mol. The molecule has 0 fully saturated rings. The highest BCUT2D eigenvalue weighted by Gasteiger charge is 2.15. The van der Waals surface area contributed by atoms with Gasteiger partial charge >= 0.3 is 0 Å². The van der Waals surface area contributed by atoms with Gasteiger partial charge in [-0.3, -0.25) is 4.79 Å². The van der Waals surface area contributed by atoms with Crippen LogP contribution < -0.4 is 0 Å². The van der Waals surface area contributed by atoms with Crippen LogP contribution in [0.5, 0.6) is 0 Å². The van der Waals surface area contributed by atoms with Gasteiger partial charge in [-0.1, -0.05) is 0 Å². The van der Waals surface area contributed by atoms with Crippen LogP contribution in [0.1, 0.15) is 28.0 Å². The molecule has 0 bridgehead atoms. The average Bonchev–Trinajstić information content (AvgIpc) is 2.16. The van der Waals surface area contributed by atoms with Crippen LogP contribution in [0, 0.1) is 11.3 Å². The Hall–Kier alpha value is -1.83. The molecule has 1 rings (SSSR count). The molecule has 13 heavy (non-hydrogen) atoms. The van der Waals surface area contributed by atoms with Crippen molar-refractivity contribution in [3.8, 4) is 6.07 Å². The van der Waals surface area contributed by atoms with E-state index in [0.717, 1.165) is 12.3 Å². The van der Waals surface area contributed by atoms with E-state index >= 15 is 0 Å². The van der Waals surface area contributed by atoms with Gasteiger partial charge in [0.15, 0.2) is 12.0 Å². The lowest BCUT2D eigenvalue weighted by Crippen LogP contribution is -1.99. The molecule has 0 atom stereocenters. The minimum atomic E-state index is -2.77. The number of nitrogens with zero attached hydrogens (tertiary/aromatic N) is 2. The van der Waals surface area contributed by atoms with Crippen molar-refractivity contribution in [1.82, 2.24) is 4.98 Å². The molecule has 0 unspecified atom stereocenters. The maximum atomic E-state index is 12.2. The van der Waals surface area contributed by atoms with Gasteiger partial charge in [0, 0.05) is 11.8 Å². The van der Waals surface area contributed by atoms with E-state index in [-0.39, 0.29) is 17.5 Å². The molecule has 0 saturated heterocycles. The summed E-state index contributed by atoms with van der Waals surface area (Å²) in [5.41, 5.74) is -1.06. The normalized spacial score (nSPS) is 9.69. The predicted octanol–water partition coefficient (Wildman–Crippen LogP) is 1.70. The third kappa shape index (κ3) is 1.67. The molecule has 0 aliphatic carbocycles. The molecule has 1 heterocycles. The zero-order chi connectivity index (χ0) is 9.84. The summed E-state index contributed by atoms with van der Waals surface area (Å²) in [6.45, 7) is 0. The number of alkyl halides is 2. The number of hydrogen-bond acceptors (Lipinski definition) is 3. The summed E-state index contributed by atoms with van der Waals surface area (Å²) in [6, 6.07) is 2.59. The van der Waals surface area contributed by atoms with Crippen LogP contribution in [0.15, 0.2) is 12.3 Å². The highest BCUT2D eigenvalue weighted by molar-refractivity contribution is 5.80. The zero-order valence-electron chi connectivity index (χ0n) is 6.37. The van der Waals surface area contributed by atoms with Gasteiger partial charge in [-0.05, 0) is 6.07 Å². The van der Waals surface area contributed by atoms with Crippen molar-refractivity contribution >= 4 is 6.29 Å². The van der Waals surface area contributed by atoms with Gasteiger partial charge in [0.05, 0.1) is 5.56 Å². The molecule has 3 nitrogen and oxygen atoms in total. The highest BCUT2D eigenvalue weighted by atomic mass is 19.3. The van der Waals surface area contributed by atoms with Gasteiger partial charge in [0.1, 0.15) is 6.07 Å². The van der Waals surface area contributed by atoms with Crippen molar-refractivity contribution in [2.45, 2.75) is 6.43 Å². The fraction of sp³-hybridized carbons (Fsp3) is 0.125. The lowest BCUT2D eigenvalue weighted by molar-refractivity contribution is 0.110. The largest absolute Gasteiger partial charge is 0.298 e. The Labute approximate surface area is 72.6 Å². The van der Waals surface area contributed by atoms with E-state index in [1.54, 1.807) is 6.07 Å². The van der Waals surface area contributed by atoms with Crippen molar-refractivity contribution in [3.05, 3.63) is 29.1 Å². The average molecular weight is 182 g/mol. The summed E-state index contributed by atoms with van der Waals surface area (Å²) >= 11 is 0. The highest BCUT2D eigenvalue weighted by Crippen LogP contribution is 2.22. The molecular formula is C8H4F2N2O. The topological polar surface area (TPSA) is 53.8 Å². The van der Waals surface area contributed by atoms with Crippen molar-refractivity contribution in [3.63, 3.8) is 0 Å². The first-order chi connectivity index (χ1) is 6.20. The summed E-state index contributed by atoms with van der Waals surface area (Å²) < 4.78 is 24.5. The van der Waals surface area contributed by atoms with Gasteiger partial charge in [-0.15, -0.1) is 0 Å². The molecule has 0 spiro atoms. The Morgan fingerprint density at radius 2 is 2.31 bits per heavy atom. The van der Waals surface area contributed by atoms with Crippen LogP contribution in [0.4, 0.5) is 8.78 Å². The number of nitriles is 1. The van der Waals surface area contributed by atoms with Crippen LogP contribution in [0.3, 0.4) is 0 Å². The fourth-order valence-corrected chi connectivity index (χ4v) is 0.891. The Morgan fingerprint density at radius 3 is 2.77 bits per heavy atom. The van der Waals surface area contributed by atoms with E-state index in [0.29, 0.717) is 0 Å². The summed E-state index contributed by atoms with van der Waals surface area (Å²) in [5, 5.41) is 8.44. The number of aldehydes is 1. The van der Waals surface area contributed by atoms with Crippen LogP contribution in [-0.2, 0) is 0 Å². The van der Waals surface area contributed by atoms with Gasteiger partial charge in [0.25, 0.3) is 6.43 Å². The van der Waals surface area contributed by atoms with Crippen LogP contribution in [0.25, 0.3) is 0 Å². The van der Waals surface area contributed by atoms with Gasteiger partial charge in [-0.2, -0.15) is 5.26 Å². The molecular weight excluding hydrogens is 178 g/mol. The first-order valence-corrected chi connectivity index (χ1v) is 3.33. The Morgan fingerprint density at radius 1 is 1.62 bits per heavy atom. The maximum Gasteiger partial charge on any atom is 0.264 e. The molecule has 1 aromatic rings. The van der Waals surface area contributed by atoms with E-state index in [4.69, 9.17) is 5.26 Å². The quantitative estimate of drug-likeness (QED) is 0.654. The molecule has 5 heteroatoms. The summed E-state index contributed by atoms with van der Waals surface area (Å²) in [4.78, 5) is 13.9. The van der Waals surface area contributed by atoms with Gasteiger partial charge < -0.3 is 0 Å². The molecule has 0 aliphatic rings. The summed E-state index contributed by atoms with van der Waals surface area (Å²) in [6.07, 6.45) is -1.48. The van der Waals surface area contributed by atoms with Crippen molar-refractivity contribution in [1.29, 1.82) is 5.26 Å². The first kappa shape index (κ1) is 9.26. The van der Waals surface area contributed by atoms with Gasteiger partial charge in [0.2, 0.25) is 0 Å². The maximum absolute atomic E-state index is 12.2. The number of rotatable bonds is 2. The van der Waals surface area contributed by atoms with Crippen molar-refractivity contribution < 1.29 is 13.6 Å².